The standard InChI is InChI=1S/C4H4I2Se/c5-3-1-2-7-4(3)6/h1-2H2. The van der Waals surface area contributed by atoms with Gasteiger partial charge in [-0.2, -0.15) is 0 Å². The third kappa shape index (κ3) is 1.84. The van der Waals surface area contributed by atoms with E-state index in [2.05, 4.69) is 45.2 Å². The van der Waals surface area contributed by atoms with Crippen LogP contribution in [0.1, 0.15) is 6.42 Å². The van der Waals surface area contributed by atoms with Crippen LogP contribution in [0.2, 0.25) is 5.32 Å². The Balaban J connectivity index is 2.64. The van der Waals surface area contributed by atoms with Crippen LogP contribution in [0.3, 0.4) is 0 Å². The van der Waals surface area contributed by atoms with Crippen molar-refractivity contribution in [2.24, 2.45) is 0 Å². The number of rotatable bonds is 0. The molecule has 0 aromatic rings. The Hall–Kier alpha value is 1.72. The minimum atomic E-state index is 0.858. The molecule has 1 aliphatic rings. The average Bonchev–Trinajstić information content (AvgIpc) is 1.91. The molecular weight excluding hydrogens is 381 g/mol. The molecule has 0 nitrogen and oxygen atoms in total. The van der Waals surface area contributed by atoms with Gasteiger partial charge >= 0.3 is 77.9 Å². The molecule has 0 spiro atoms. The van der Waals surface area contributed by atoms with Gasteiger partial charge in [-0.05, 0) is 0 Å². The molecule has 7 heavy (non-hydrogen) atoms. The number of hydrogen-bond donors (Lipinski definition) is 0. The summed E-state index contributed by atoms with van der Waals surface area (Å²) in [5.41, 5.74) is 0. The van der Waals surface area contributed by atoms with Crippen molar-refractivity contribution >= 4 is 60.1 Å². The second kappa shape index (κ2) is 3.03. The van der Waals surface area contributed by atoms with E-state index in [0.29, 0.717) is 0 Å². The molecule has 1 aliphatic heterocycles. The van der Waals surface area contributed by atoms with Crippen LogP contribution in [0.15, 0.2) is 6.06 Å². The number of hydrogen-bond acceptors (Lipinski definition) is 0. The summed E-state index contributed by atoms with van der Waals surface area (Å²) in [5.74, 6) is 0. The molecule has 0 atom stereocenters. The summed E-state index contributed by atoms with van der Waals surface area (Å²) < 4.78 is 3.25. The molecule has 0 saturated carbocycles. The van der Waals surface area contributed by atoms with Crippen molar-refractivity contribution in [2.45, 2.75) is 11.7 Å². The Morgan fingerprint density at radius 2 is 2.14 bits per heavy atom. The van der Waals surface area contributed by atoms with Gasteiger partial charge in [0, 0.05) is 0 Å². The Labute approximate surface area is 76.9 Å². The van der Waals surface area contributed by atoms with E-state index in [1.165, 1.54) is 11.7 Å². The average molecular weight is 385 g/mol. The van der Waals surface area contributed by atoms with Gasteiger partial charge in [0.15, 0.2) is 0 Å². The normalized spacial score (nSPS) is 21.4. The Bertz CT molecular complexity index is 96.3. The molecule has 0 radical (unpaired) electrons. The van der Waals surface area contributed by atoms with E-state index in [1.807, 2.05) is 0 Å². The first-order chi connectivity index (χ1) is 3.30. The first kappa shape index (κ1) is 6.83. The first-order valence-electron chi connectivity index (χ1n) is 1.97. The zero-order chi connectivity index (χ0) is 5.28. The van der Waals surface area contributed by atoms with E-state index < -0.39 is 0 Å². The van der Waals surface area contributed by atoms with E-state index in [1.54, 1.807) is 6.06 Å². The Kier molecular flexibility index (Phi) is 2.96. The summed E-state index contributed by atoms with van der Waals surface area (Å²) in [4.78, 5) is 0. The monoisotopic (exact) mass is 386 g/mol. The molecule has 1 heterocycles. The molecular formula is C4H4I2Se. The Morgan fingerprint density at radius 3 is 2.29 bits per heavy atom. The van der Waals surface area contributed by atoms with Crippen LogP contribution in [-0.4, -0.2) is 15.0 Å². The molecule has 0 unspecified atom stereocenters. The van der Waals surface area contributed by atoms with Crippen LogP contribution < -0.4 is 0 Å². The van der Waals surface area contributed by atoms with Gasteiger partial charge in [-0.1, -0.05) is 0 Å². The van der Waals surface area contributed by atoms with Crippen LogP contribution in [0.4, 0.5) is 0 Å². The van der Waals surface area contributed by atoms with E-state index in [0.717, 1.165) is 15.0 Å². The fourth-order valence-electron chi connectivity index (χ4n) is 0.407. The zero-order valence-corrected chi connectivity index (χ0v) is 9.61. The van der Waals surface area contributed by atoms with Crippen LogP contribution in [0.5, 0.6) is 0 Å². The van der Waals surface area contributed by atoms with Gasteiger partial charge in [-0.15, -0.1) is 0 Å². The fourth-order valence-corrected chi connectivity index (χ4v) is 5.28. The molecule has 1 rings (SSSR count). The van der Waals surface area contributed by atoms with Gasteiger partial charge in [0.1, 0.15) is 0 Å². The maximum absolute atomic E-state index is 2.46. The third-order valence-corrected chi connectivity index (χ3v) is 7.87. The van der Waals surface area contributed by atoms with Crippen molar-refractivity contribution in [3.05, 3.63) is 6.06 Å². The second-order valence-corrected chi connectivity index (χ2v) is 7.62. The number of halogens is 2. The van der Waals surface area contributed by atoms with E-state index in [-0.39, 0.29) is 0 Å². The van der Waals surface area contributed by atoms with Crippen molar-refractivity contribution < 1.29 is 0 Å². The van der Waals surface area contributed by atoms with Crippen molar-refractivity contribution in [3.63, 3.8) is 0 Å². The van der Waals surface area contributed by atoms with Crippen molar-refractivity contribution in [3.8, 4) is 0 Å². The predicted octanol–water partition coefficient (Wildman–Crippen LogP) is 2.55. The molecule has 0 aromatic heterocycles. The van der Waals surface area contributed by atoms with Crippen LogP contribution >= 0.6 is 45.2 Å². The summed E-state index contributed by atoms with van der Waals surface area (Å²) in [6.07, 6.45) is 1.36. The summed E-state index contributed by atoms with van der Waals surface area (Å²) in [6.45, 7) is 0. The molecule has 3 heteroatoms. The summed E-state index contributed by atoms with van der Waals surface area (Å²) >= 11 is 5.76. The minimum absolute atomic E-state index is 0.858. The van der Waals surface area contributed by atoms with E-state index in [4.69, 9.17) is 0 Å². The molecule has 0 bridgehead atoms. The predicted molar refractivity (Wildman–Crippen MR) is 50.2 cm³/mol. The van der Waals surface area contributed by atoms with Crippen molar-refractivity contribution in [1.82, 2.24) is 0 Å². The van der Waals surface area contributed by atoms with Crippen LogP contribution in [0, 0.1) is 0 Å². The summed E-state index contributed by atoms with van der Waals surface area (Å²) in [6, 6.07) is 0. The summed E-state index contributed by atoms with van der Waals surface area (Å²) in [7, 11) is 0. The summed E-state index contributed by atoms with van der Waals surface area (Å²) in [5, 5.41) is 1.45. The van der Waals surface area contributed by atoms with Crippen LogP contribution in [0.25, 0.3) is 0 Å². The Morgan fingerprint density at radius 1 is 1.43 bits per heavy atom. The SMILES string of the molecule is IC1=C(I)[Se]CC1. The molecule has 0 aromatic carbocycles. The van der Waals surface area contributed by atoms with Crippen LogP contribution in [-0.2, 0) is 0 Å². The molecule has 0 fully saturated rings. The van der Waals surface area contributed by atoms with Crippen molar-refractivity contribution in [2.75, 3.05) is 0 Å². The molecule has 0 aliphatic carbocycles. The maximum atomic E-state index is 2.46. The van der Waals surface area contributed by atoms with Gasteiger partial charge in [0.25, 0.3) is 0 Å². The second-order valence-electron chi connectivity index (χ2n) is 1.28. The van der Waals surface area contributed by atoms with E-state index >= 15 is 0 Å². The van der Waals surface area contributed by atoms with E-state index in [9.17, 15) is 0 Å². The van der Waals surface area contributed by atoms with Gasteiger partial charge in [0.2, 0.25) is 0 Å². The van der Waals surface area contributed by atoms with Gasteiger partial charge < -0.3 is 0 Å². The quantitative estimate of drug-likeness (QED) is 0.445. The third-order valence-electron chi connectivity index (χ3n) is 0.764. The topological polar surface area (TPSA) is 0 Å². The molecule has 40 valence electrons. The van der Waals surface area contributed by atoms with Gasteiger partial charge in [0.05, 0.1) is 0 Å². The van der Waals surface area contributed by atoms with Gasteiger partial charge in [-0.25, -0.2) is 0 Å². The fraction of sp³-hybridized carbons (Fsp3) is 0.500. The molecule has 0 saturated heterocycles. The van der Waals surface area contributed by atoms with Gasteiger partial charge in [-0.3, -0.25) is 0 Å². The first-order valence-corrected chi connectivity index (χ1v) is 6.20. The zero-order valence-electron chi connectivity index (χ0n) is 3.58. The number of allylic oxidation sites excluding steroid dienone is 1. The van der Waals surface area contributed by atoms with Crippen molar-refractivity contribution in [1.29, 1.82) is 0 Å². The molecule has 0 amide bonds. The molecule has 0 N–H and O–H groups in total.